The van der Waals surface area contributed by atoms with Crippen LogP contribution in [0.3, 0.4) is 0 Å². The van der Waals surface area contributed by atoms with Crippen molar-refractivity contribution in [1.29, 1.82) is 0 Å². The van der Waals surface area contributed by atoms with Crippen molar-refractivity contribution >= 4 is 36.2 Å². The van der Waals surface area contributed by atoms with Gasteiger partial charge in [-0.15, -0.1) is 0 Å². The van der Waals surface area contributed by atoms with Crippen LogP contribution in [0.5, 0.6) is 0 Å². The van der Waals surface area contributed by atoms with Crippen molar-refractivity contribution in [3.8, 4) is 0 Å². The van der Waals surface area contributed by atoms with Crippen molar-refractivity contribution in [2.45, 2.75) is 6.42 Å². The molecule has 2 rings (SSSR count). The Morgan fingerprint density at radius 2 is 1.50 bits per heavy atom. The third-order valence-electron chi connectivity index (χ3n) is 3.00. The van der Waals surface area contributed by atoms with Gasteiger partial charge in [0.2, 0.25) is 11.8 Å². The first-order valence-corrected chi connectivity index (χ1v) is 7.26. The number of rotatable bonds is 1. The second kappa shape index (κ2) is 4.41. The maximum Gasteiger partial charge on any atom is 0.296 e. The molecule has 0 aromatic heterocycles. The number of hydrogen-bond acceptors (Lipinski definition) is 3. The van der Waals surface area contributed by atoms with Crippen LogP contribution < -0.4 is 5.30 Å². The Morgan fingerprint density at radius 1 is 1.06 bits per heavy atom. The third kappa shape index (κ3) is 1.84. The van der Waals surface area contributed by atoms with E-state index >= 15 is 0 Å². The maximum absolute atomic E-state index is 13.0. The minimum absolute atomic E-state index is 0.245. The molecule has 0 unspecified atom stereocenters. The number of nitrogens with zero attached hydrogens (tertiary/aromatic N) is 2. The Kier molecular flexibility index (Phi) is 3.21. The number of carbonyl (C=O) groups is 2. The summed E-state index contributed by atoms with van der Waals surface area (Å²) in [5.41, 5.74) is 0. The lowest BCUT2D eigenvalue weighted by Crippen LogP contribution is -2.45. The third-order valence-corrected chi connectivity index (χ3v) is 6.30. The molecular weight excluding hydrogens is 275 g/mol. The Morgan fingerprint density at radius 3 is 1.94 bits per heavy atom. The monoisotopic (exact) mass is 286 g/mol. The summed E-state index contributed by atoms with van der Waals surface area (Å²) < 4.78 is 15.3. The molecule has 96 valence electrons. The number of hydrogen-bond donors (Lipinski definition) is 0. The first-order valence-electron chi connectivity index (χ1n) is 5.27. The Balaban J connectivity index is 2.56. The first-order chi connectivity index (χ1) is 8.37. The van der Waals surface area contributed by atoms with Gasteiger partial charge in [-0.05, 0) is 24.3 Å². The van der Waals surface area contributed by atoms with E-state index in [0.29, 0.717) is 10.3 Å². The molecule has 2 amide bonds. The number of amides is 2. The van der Waals surface area contributed by atoms with E-state index in [1.54, 1.807) is 24.3 Å². The molecule has 1 fully saturated rings. The molecule has 1 heterocycles. The maximum atomic E-state index is 13.0. The van der Waals surface area contributed by atoms with Gasteiger partial charge in [0.05, 0.1) is 5.30 Å². The van der Waals surface area contributed by atoms with Crippen molar-refractivity contribution < 1.29 is 14.2 Å². The summed E-state index contributed by atoms with van der Waals surface area (Å²) in [6, 6.07) is 6.31. The van der Waals surface area contributed by atoms with Crippen molar-refractivity contribution in [2.75, 3.05) is 14.1 Å². The van der Waals surface area contributed by atoms with Crippen molar-refractivity contribution in [1.82, 2.24) is 9.34 Å². The molecule has 0 atom stereocenters. The molecule has 0 bridgehead atoms. The zero-order chi connectivity index (χ0) is 13.5. The quantitative estimate of drug-likeness (QED) is 0.580. The molecule has 1 aliphatic rings. The average Bonchev–Trinajstić information content (AvgIpc) is 2.35. The molecule has 18 heavy (non-hydrogen) atoms. The smallest absolute Gasteiger partial charge is 0.276 e. The second-order valence-electron chi connectivity index (χ2n) is 4.03. The van der Waals surface area contributed by atoms with E-state index in [4.69, 9.17) is 11.6 Å². The Labute approximate surface area is 110 Å². The summed E-state index contributed by atoms with van der Waals surface area (Å²) >= 11 is 5.78. The van der Waals surface area contributed by atoms with Crippen LogP contribution in [-0.2, 0) is 14.2 Å². The van der Waals surface area contributed by atoms with Crippen LogP contribution in [0.15, 0.2) is 24.3 Å². The van der Waals surface area contributed by atoms with Gasteiger partial charge in [0.15, 0.2) is 0 Å². The number of carbonyl (C=O) groups excluding carboxylic acids is 2. The molecule has 0 aliphatic carbocycles. The standard InChI is InChI=1S/C11H12ClN2O3P/c1-13-10(15)7-11(16)14(2)18(13,17)9-5-3-8(12)4-6-9/h3-6H,7H2,1-2H3. The lowest BCUT2D eigenvalue weighted by Gasteiger charge is -2.39. The Hall–Kier alpha value is -1.32. The molecule has 7 heteroatoms. The van der Waals surface area contributed by atoms with Crippen molar-refractivity contribution in [3.63, 3.8) is 0 Å². The minimum atomic E-state index is -3.37. The van der Waals surface area contributed by atoms with Crippen LogP contribution in [0.25, 0.3) is 0 Å². The summed E-state index contributed by atoms with van der Waals surface area (Å²) in [5, 5.41) is 0.920. The van der Waals surface area contributed by atoms with E-state index in [2.05, 4.69) is 0 Å². The van der Waals surface area contributed by atoms with E-state index in [-0.39, 0.29) is 6.42 Å². The number of benzene rings is 1. The van der Waals surface area contributed by atoms with Crippen LogP contribution in [-0.4, -0.2) is 35.3 Å². The molecule has 0 radical (unpaired) electrons. The van der Waals surface area contributed by atoms with Gasteiger partial charge < -0.3 is 0 Å². The topological polar surface area (TPSA) is 57.7 Å². The van der Waals surface area contributed by atoms with Gasteiger partial charge in [-0.25, -0.2) is 0 Å². The van der Waals surface area contributed by atoms with Crippen LogP contribution in [0, 0.1) is 0 Å². The van der Waals surface area contributed by atoms with Crippen LogP contribution in [0.1, 0.15) is 6.42 Å². The van der Waals surface area contributed by atoms with E-state index in [0.717, 1.165) is 9.34 Å². The predicted octanol–water partition coefficient (Wildman–Crippen LogP) is 1.48. The van der Waals surface area contributed by atoms with Gasteiger partial charge in [-0.3, -0.25) is 23.5 Å². The molecule has 1 aliphatic heterocycles. The van der Waals surface area contributed by atoms with Crippen molar-refractivity contribution in [3.05, 3.63) is 29.3 Å². The van der Waals surface area contributed by atoms with E-state index < -0.39 is 19.3 Å². The van der Waals surface area contributed by atoms with Gasteiger partial charge in [-0.1, -0.05) is 11.6 Å². The van der Waals surface area contributed by atoms with E-state index in [1.165, 1.54) is 14.1 Å². The largest absolute Gasteiger partial charge is 0.296 e. The highest BCUT2D eigenvalue weighted by Crippen LogP contribution is 2.53. The number of halogens is 1. The van der Waals surface area contributed by atoms with Gasteiger partial charge in [-0.2, -0.15) is 0 Å². The molecule has 0 N–H and O–H groups in total. The molecule has 1 aromatic rings. The van der Waals surface area contributed by atoms with Gasteiger partial charge >= 0.3 is 0 Å². The minimum Gasteiger partial charge on any atom is -0.276 e. The summed E-state index contributed by atoms with van der Waals surface area (Å²) in [6.45, 7) is 0. The normalized spacial score (nSPS) is 19.3. The zero-order valence-electron chi connectivity index (χ0n) is 9.96. The highest BCUT2D eigenvalue weighted by atomic mass is 35.5. The fourth-order valence-corrected chi connectivity index (χ4v) is 4.35. The zero-order valence-corrected chi connectivity index (χ0v) is 11.6. The molecular formula is C11H12ClN2O3P. The summed E-state index contributed by atoms with van der Waals surface area (Å²) in [4.78, 5) is 23.4. The van der Waals surface area contributed by atoms with Crippen LogP contribution >= 0.6 is 19.0 Å². The molecule has 1 aromatic carbocycles. The van der Waals surface area contributed by atoms with Gasteiger partial charge in [0, 0.05) is 19.1 Å². The lowest BCUT2D eigenvalue weighted by atomic mass is 10.4. The fraction of sp³-hybridized carbons (Fsp3) is 0.273. The second-order valence-corrected chi connectivity index (χ2v) is 7.27. The first kappa shape index (κ1) is 13.1. The fourth-order valence-electron chi connectivity index (χ4n) is 1.84. The van der Waals surface area contributed by atoms with Crippen LogP contribution in [0.4, 0.5) is 0 Å². The van der Waals surface area contributed by atoms with Gasteiger partial charge in [0.25, 0.3) is 7.44 Å². The highest BCUT2D eigenvalue weighted by Gasteiger charge is 2.45. The SMILES string of the molecule is CN1C(=O)CC(=O)N(C)P1(=O)c1ccc(Cl)cc1. The van der Waals surface area contributed by atoms with E-state index in [1.807, 2.05) is 0 Å². The summed E-state index contributed by atoms with van der Waals surface area (Å²) in [7, 11) is -0.481. The molecule has 0 spiro atoms. The average molecular weight is 287 g/mol. The predicted molar refractivity (Wildman–Crippen MR) is 68.8 cm³/mol. The highest BCUT2D eigenvalue weighted by molar-refractivity contribution is 7.68. The van der Waals surface area contributed by atoms with Crippen LogP contribution in [0.2, 0.25) is 5.02 Å². The summed E-state index contributed by atoms with van der Waals surface area (Å²) in [6.07, 6.45) is -0.245. The van der Waals surface area contributed by atoms with Gasteiger partial charge in [0.1, 0.15) is 6.42 Å². The van der Waals surface area contributed by atoms with E-state index in [9.17, 15) is 14.2 Å². The molecule has 0 saturated carbocycles. The molecule has 1 saturated heterocycles. The van der Waals surface area contributed by atoms with Crippen molar-refractivity contribution in [2.24, 2.45) is 0 Å². The molecule has 5 nitrogen and oxygen atoms in total. The summed E-state index contributed by atoms with van der Waals surface area (Å²) in [5.74, 6) is -0.868. The Bertz CT molecular complexity index is 534. The lowest BCUT2D eigenvalue weighted by molar-refractivity contribution is -0.137.